The fourth-order valence-corrected chi connectivity index (χ4v) is 1.82. The molecule has 2 rings (SSSR count). The normalized spacial score (nSPS) is 12.9. The second-order valence-corrected chi connectivity index (χ2v) is 4.42. The molecule has 0 bridgehead atoms. The van der Waals surface area contributed by atoms with E-state index in [1.807, 2.05) is 19.2 Å². The number of oxazole rings is 1. The van der Waals surface area contributed by atoms with Crippen molar-refractivity contribution < 1.29 is 4.42 Å². The van der Waals surface area contributed by atoms with Crippen molar-refractivity contribution in [1.29, 1.82) is 0 Å². The van der Waals surface area contributed by atoms with E-state index >= 15 is 0 Å². The van der Waals surface area contributed by atoms with E-state index in [4.69, 9.17) is 10.2 Å². The van der Waals surface area contributed by atoms with Gasteiger partial charge in [-0.25, -0.2) is 4.79 Å². The number of anilines is 1. The first-order chi connectivity index (χ1) is 8.10. The summed E-state index contributed by atoms with van der Waals surface area (Å²) in [6.07, 6.45) is 0. The Balaban J connectivity index is 2.26. The van der Waals surface area contributed by atoms with Gasteiger partial charge in [0.05, 0.1) is 5.52 Å². The summed E-state index contributed by atoms with van der Waals surface area (Å²) >= 11 is 0. The van der Waals surface area contributed by atoms with Crippen LogP contribution < -0.4 is 16.4 Å². The molecule has 0 fully saturated rings. The van der Waals surface area contributed by atoms with Gasteiger partial charge < -0.3 is 15.1 Å². The van der Waals surface area contributed by atoms with Crippen molar-refractivity contribution in [3.63, 3.8) is 0 Å². The summed E-state index contributed by atoms with van der Waals surface area (Å²) in [5.41, 5.74) is 7.94. The number of rotatable bonds is 4. The minimum Gasteiger partial charge on any atom is -0.408 e. The lowest BCUT2D eigenvalue weighted by atomic mass is 10.1. The van der Waals surface area contributed by atoms with Crippen LogP contribution in [0.4, 0.5) is 5.69 Å². The molecule has 5 heteroatoms. The van der Waals surface area contributed by atoms with Crippen LogP contribution in [-0.4, -0.2) is 25.1 Å². The van der Waals surface area contributed by atoms with Crippen molar-refractivity contribution in [3.05, 3.63) is 28.7 Å². The van der Waals surface area contributed by atoms with E-state index in [2.05, 4.69) is 16.8 Å². The number of fused-ring (bicyclic) bond motifs is 1. The molecule has 0 aliphatic carbocycles. The minimum atomic E-state index is -0.421. The maximum atomic E-state index is 11.0. The van der Waals surface area contributed by atoms with E-state index in [1.165, 1.54) is 0 Å². The van der Waals surface area contributed by atoms with E-state index in [0.717, 1.165) is 17.7 Å². The average molecular weight is 235 g/mol. The smallest absolute Gasteiger partial charge is 0.408 e. The van der Waals surface area contributed by atoms with Gasteiger partial charge in [-0.1, -0.05) is 6.92 Å². The first kappa shape index (κ1) is 11.7. The van der Waals surface area contributed by atoms with Gasteiger partial charge in [0, 0.05) is 19.3 Å². The second kappa shape index (κ2) is 4.63. The fourth-order valence-electron chi connectivity index (χ4n) is 1.82. The Morgan fingerprint density at radius 2 is 2.29 bits per heavy atom. The van der Waals surface area contributed by atoms with Crippen LogP contribution in [0.25, 0.3) is 11.1 Å². The number of benzene rings is 1. The minimum absolute atomic E-state index is 0.421. The van der Waals surface area contributed by atoms with E-state index in [-0.39, 0.29) is 0 Å². The quantitative estimate of drug-likeness (QED) is 0.833. The molecule has 0 amide bonds. The van der Waals surface area contributed by atoms with Crippen LogP contribution in [0, 0.1) is 5.92 Å². The van der Waals surface area contributed by atoms with Gasteiger partial charge in [-0.3, -0.25) is 4.98 Å². The van der Waals surface area contributed by atoms with E-state index in [9.17, 15) is 4.79 Å². The van der Waals surface area contributed by atoms with E-state index in [0.29, 0.717) is 18.0 Å². The Morgan fingerprint density at radius 3 is 3.00 bits per heavy atom. The number of aromatic nitrogens is 1. The maximum Gasteiger partial charge on any atom is 0.417 e. The summed E-state index contributed by atoms with van der Waals surface area (Å²) in [5, 5.41) is 0. The van der Waals surface area contributed by atoms with Crippen molar-refractivity contribution in [2.45, 2.75) is 6.92 Å². The van der Waals surface area contributed by atoms with Crippen LogP contribution in [0.15, 0.2) is 27.4 Å². The van der Waals surface area contributed by atoms with Crippen molar-refractivity contribution in [1.82, 2.24) is 4.98 Å². The zero-order chi connectivity index (χ0) is 12.4. The zero-order valence-electron chi connectivity index (χ0n) is 10.1. The summed E-state index contributed by atoms with van der Waals surface area (Å²) in [6.45, 7) is 3.65. The molecule has 0 saturated carbocycles. The molecule has 92 valence electrons. The SMILES string of the molecule is CC(CN)CN(C)c1ccc2oc(=O)[nH]c2c1. The van der Waals surface area contributed by atoms with Crippen molar-refractivity contribution in [3.8, 4) is 0 Å². The van der Waals surface area contributed by atoms with Gasteiger partial charge in [0.15, 0.2) is 5.58 Å². The predicted molar refractivity (Wildman–Crippen MR) is 68.3 cm³/mol. The van der Waals surface area contributed by atoms with Gasteiger partial charge in [0.1, 0.15) is 0 Å². The molecule has 3 N–H and O–H groups in total. The van der Waals surface area contributed by atoms with Crippen molar-refractivity contribution >= 4 is 16.8 Å². The van der Waals surface area contributed by atoms with Crippen molar-refractivity contribution in [2.24, 2.45) is 11.7 Å². The predicted octanol–water partition coefficient (Wildman–Crippen LogP) is 1.15. The van der Waals surface area contributed by atoms with Gasteiger partial charge in [0.25, 0.3) is 0 Å². The molecule has 0 aliphatic rings. The molecule has 2 aromatic rings. The van der Waals surface area contributed by atoms with Gasteiger partial charge in [-0.15, -0.1) is 0 Å². The number of nitrogens with one attached hydrogen (secondary N) is 1. The van der Waals surface area contributed by atoms with Crippen LogP contribution in [-0.2, 0) is 0 Å². The maximum absolute atomic E-state index is 11.0. The number of aromatic amines is 1. The second-order valence-electron chi connectivity index (χ2n) is 4.42. The first-order valence-corrected chi connectivity index (χ1v) is 5.64. The number of nitrogens with two attached hydrogens (primary N) is 1. The molecule has 1 unspecified atom stereocenters. The summed E-state index contributed by atoms with van der Waals surface area (Å²) in [5.74, 6) is 0.00854. The molecular formula is C12H17N3O2. The lowest BCUT2D eigenvalue weighted by Gasteiger charge is -2.22. The molecule has 0 spiro atoms. The fraction of sp³-hybridized carbons (Fsp3) is 0.417. The van der Waals surface area contributed by atoms with Gasteiger partial charge in [0.2, 0.25) is 0 Å². The third-order valence-electron chi connectivity index (χ3n) is 2.83. The number of hydrogen-bond donors (Lipinski definition) is 2. The lowest BCUT2D eigenvalue weighted by molar-refractivity contribution is 0.555. The highest BCUT2D eigenvalue weighted by molar-refractivity contribution is 5.77. The first-order valence-electron chi connectivity index (χ1n) is 5.64. The lowest BCUT2D eigenvalue weighted by Crippen LogP contribution is -2.28. The number of H-pyrrole nitrogens is 1. The molecule has 1 aromatic carbocycles. The molecule has 0 aliphatic heterocycles. The Bertz CT molecular complexity index is 558. The summed E-state index contributed by atoms with van der Waals surface area (Å²) in [6, 6.07) is 5.64. The van der Waals surface area contributed by atoms with Gasteiger partial charge >= 0.3 is 5.76 Å². The molecule has 1 aromatic heterocycles. The molecule has 0 saturated heterocycles. The molecule has 0 radical (unpaired) electrons. The monoisotopic (exact) mass is 235 g/mol. The Hall–Kier alpha value is -1.75. The highest BCUT2D eigenvalue weighted by Gasteiger charge is 2.08. The van der Waals surface area contributed by atoms with Gasteiger partial charge in [-0.05, 0) is 30.7 Å². The standard InChI is InChI=1S/C12H17N3O2/c1-8(6-13)7-15(2)9-3-4-11-10(5-9)14-12(16)17-11/h3-5,8H,6-7,13H2,1-2H3,(H,14,16). The molecule has 1 heterocycles. The largest absolute Gasteiger partial charge is 0.417 e. The van der Waals surface area contributed by atoms with Crippen LogP contribution in [0.2, 0.25) is 0 Å². The van der Waals surface area contributed by atoms with Crippen LogP contribution in [0.1, 0.15) is 6.92 Å². The Morgan fingerprint density at radius 1 is 1.53 bits per heavy atom. The zero-order valence-corrected chi connectivity index (χ0v) is 10.1. The summed E-state index contributed by atoms with van der Waals surface area (Å²) in [4.78, 5) is 15.8. The summed E-state index contributed by atoms with van der Waals surface area (Å²) < 4.78 is 4.96. The third-order valence-corrected chi connectivity index (χ3v) is 2.83. The topological polar surface area (TPSA) is 75.3 Å². The molecular weight excluding hydrogens is 218 g/mol. The molecule has 1 atom stereocenters. The summed E-state index contributed by atoms with van der Waals surface area (Å²) in [7, 11) is 2.01. The molecule has 17 heavy (non-hydrogen) atoms. The number of nitrogens with zero attached hydrogens (tertiary/aromatic N) is 1. The Labute approximate surface area is 99.2 Å². The van der Waals surface area contributed by atoms with Crippen LogP contribution >= 0.6 is 0 Å². The number of hydrogen-bond acceptors (Lipinski definition) is 4. The van der Waals surface area contributed by atoms with Crippen LogP contribution in [0.3, 0.4) is 0 Å². The highest BCUT2D eigenvalue weighted by Crippen LogP contribution is 2.19. The molecule has 5 nitrogen and oxygen atoms in total. The average Bonchev–Trinajstić information content (AvgIpc) is 2.67. The van der Waals surface area contributed by atoms with Gasteiger partial charge in [-0.2, -0.15) is 0 Å². The Kier molecular flexibility index (Phi) is 3.19. The van der Waals surface area contributed by atoms with E-state index in [1.54, 1.807) is 6.07 Å². The van der Waals surface area contributed by atoms with E-state index < -0.39 is 5.76 Å². The third kappa shape index (κ3) is 2.50. The highest BCUT2D eigenvalue weighted by atomic mass is 16.4. The van der Waals surface area contributed by atoms with Crippen LogP contribution in [0.5, 0.6) is 0 Å². The van der Waals surface area contributed by atoms with Crippen molar-refractivity contribution in [2.75, 3.05) is 25.0 Å².